The summed E-state index contributed by atoms with van der Waals surface area (Å²) in [7, 11) is 1.87. The van der Waals surface area contributed by atoms with E-state index in [9.17, 15) is 0 Å². The molecule has 2 nitrogen and oxygen atoms in total. The quantitative estimate of drug-likeness (QED) is 0.633. The number of aromatic nitrogens is 2. The smallest absolute Gasteiger partial charge is 0.172 e. The van der Waals surface area contributed by atoms with E-state index >= 15 is 0 Å². The van der Waals surface area contributed by atoms with Crippen molar-refractivity contribution in [2.75, 3.05) is 0 Å². The third-order valence-corrected chi connectivity index (χ3v) is 2.23. The van der Waals surface area contributed by atoms with Crippen LogP contribution in [0.4, 0.5) is 0 Å². The van der Waals surface area contributed by atoms with E-state index in [1.165, 1.54) is 0 Å². The molecule has 0 aliphatic heterocycles. The molecule has 1 aromatic rings. The third kappa shape index (κ3) is 0.974. The maximum atomic E-state index is 5.63. The topological polar surface area (TPSA) is 17.8 Å². The van der Waals surface area contributed by atoms with Gasteiger partial charge in [0, 0.05) is 7.05 Å². The number of imidazole rings is 1. The Morgan fingerprint density at radius 2 is 2.50 bits per heavy atom. The number of rotatable bonds is 0. The maximum Gasteiger partial charge on any atom is 0.172 e. The van der Waals surface area contributed by atoms with Crippen LogP contribution in [0, 0.1) is 3.83 Å². The van der Waals surface area contributed by atoms with Gasteiger partial charge in [-0.3, -0.25) is 0 Å². The molecule has 0 fully saturated rings. The lowest BCUT2D eigenvalue weighted by atomic mass is 10.9. The molecule has 0 N–H and O–H groups in total. The molecule has 0 aliphatic rings. The molecule has 4 heteroatoms. The van der Waals surface area contributed by atoms with Crippen molar-refractivity contribution in [2.24, 2.45) is 7.05 Å². The second-order valence-corrected chi connectivity index (χ2v) is 2.76. The molecule has 1 heterocycles. The van der Waals surface area contributed by atoms with Crippen molar-refractivity contribution in [3.63, 3.8) is 0 Å². The Hall–Kier alpha value is 0.230. The van der Waals surface area contributed by atoms with E-state index < -0.39 is 0 Å². The highest BCUT2D eigenvalue weighted by atomic mass is 127. The van der Waals surface area contributed by atoms with Crippen molar-refractivity contribution in [2.45, 2.75) is 0 Å². The van der Waals surface area contributed by atoms with Gasteiger partial charge in [0.2, 0.25) is 0 Å². The number of halogens is 2. The van der Waals surface area contributed by atoms with Crippen LogP contribution in [0.5, 0.6) is 0 Å². The van der Waals surface area contributed by atoms with Gasteiger partial charge < -0.3 is 4.57 Å². The summed E-state index contributed by atoms with van der Waals surface area (Å²) >= 11 is 7.74. The predicted molar refractivity (Wildman–Crippen MR) is 40.9 cm³/mol. The molecule has 0 saturated heterocycles. The van der Waals surface area contributed by atoms with Crippen molar-refractivity contribution in [3.8, 4) is 0 Å². The Balaban J connectivity index is 3.19. The van der Waals surface area contributed by atoms with Gasteiger partial charge in [-0.25, -0.2) is 4.98 Å². The lowest BCUT2D eigenvalue weighted by Gasteiger charge is -1.90. The highest BCUT2D eigenvalue weighted by molar-refractivity contribution is 14.1. The van der Waals surface area contributed by atoms with E-state index in [1.807, 2.05) is 11.6 Å². The molecule has 0 saturated carbocycles. The van der Waals surface area contributed by atoms with Crippen LogP contribution in [0.2, 0.25) is 5.15 Å². The molecule has 0 spiro atoms. The van der Waals surface area contributed by atoms with E-state index in [2.05, 4.69) is 27.6 Å². The molecule has 0 amide bonds. The summed E-state index contributed by atoms with van der Waals surface area (Å²) in [5.41, 5.74) is 0. The van der Waals surface area contributed by atoms with E-state index in [0.717, 1.165) is 3.83 Å². The highest BCUT2D eigenvalue weighted by Gasteiger charge is 1.96. The van der Waals surface area contributed by atoms with Crippen molar-refractivity contribution < 1.29 is 0 Å². The van der Waals surface area contributed by atoms with Gasteiger partial charge in [-0.1, -0.05) is 11.6 Å². The molecule has 1 rings (SSSR count). The Kier molecular flexibility index (Phi) is 1.77. The summed E-state index contributed by atoms with van der Waals surface area (Å²) in [5.74, 6) is 0. The normalized spacial score (nSPS) is 9.88. The summed E-state index contributed by atoms with van der Waals surface area (Å²) in [6.45, 7) is 0. The minimum absolute atomic E-state index is 0.675. The van der Waals surface area contributed by atoms with Gasteiger partial charge in [-0.15, -0.1) is 0 Å². The van der Waals surface area contributed by atoms with Crippen LogP contribution >= 0.6 is 34.2 Å². The van der Waals surface area contributed by atoms with Gasteiger partial charge in [0.1, 0.15) is 5.15 Å². The Morgan fingerprint density at radius 1 is 1.88 bits per heavy atom. The van der Waals surface area contributed by atoms with Crippen molar-refractivity contribution in [1.82, 2.24) is 9.55 Å². The van der Waals surface area contributed by atoms with Gasteiger partial charge in [0.25, 0.3) is 0 Å². The summed E-state index contributed by atoms with van der Waals surface area (Å²) in [5, 5.41) is 0.675. The SMILES string of the molecule is Cn1c(Cl)cnc1I. The van der Waals surface area contributed by atoms with E-state index in [4.69, 9.17) is 11.6 Å². The lowest BCUT2D eigenvalue weighted by Crippen LogP contribution is -1.89. The molecule has 0 bridgehead atoms. The summed E-state index contributed by atoms with van der Waals surface area (Å²) in [6.07, 6.45) is 1.63. The average Bonchev–Trinajstić information content (AvgIpc) is 1.98. The second kappa shape index (κ2) is 2.23. The second-order valence-electron chi connectivity index (χ2n) is 1.41. The van der Waals surface area contributed by atoms with Crippen LogP contribution < -0.4 is 0 Å². The molecule has 0 atom stereocenters. The fraction of sp³-hybridized carbons (Fsp3) is 0.250. The number of nitrogens with zero attached hydrogens (tertiary/aromatic N) is 2. The fourth-order valence-corrected chi connectivity index (χ4v) is 1.04. The predicted octanol–water partition coefficient (Wildman–Crippen LogP) is 1.68. The zero-order valence-electron chi connectivity index (χ0n) is 4.23. The molecule has 0 aliphatic carbocycles. The molecule has 1 aromatic heterocycles. The first kappa shape index (κ1) is 6.35. The maximum absolute atomic E-state index is 5.63. The van der Waals surface area contributed by atoms with Crippen molar-refractivity contribution in [1.29, 1.82) is 0 Å². The zero-order chi connectivity index (χ0) is 6.15. The molecule has 8 heavy (non-hydrogen) atoms. The standard InChI is InChI=1S/C4H4ClIN2/c1-8-3(5)2-7-4(8)6/h2H,1H3. The number of hydrogen-bond acceptors (Lipinski definition) is 1. The zero-order valence-corrected chi connectivity index (χ0v) is 7.14. The molecule has 0 radical (unpaired) electrons. The Bertz CT molecular complexity index is 176. The average molecular weight is 242 g/mol. The van der Waals surface area contributed by atoms with Gasteiger partial charge >= 0.3 is 0 Å². The molecule has 44 valence electrons. The minimum atomic E-state index is 0.675. The van der Waals surface area contributed by atoms with E-state index in [1.54, 1.807) is 6.20 Å². The first-order valence-corrected chi connectivity index (χ1v) is 3.50. The minimum Gasteiger partial charge on any atom is -0.314 e. The van der Waals surface area contributed by atoms with E-state index in [0.29, 0.717) is 5.15 Å². The summed E-state index contributed by atoms with van der Waals surface area (Å²) in [6, 6.07) is 0. The Labute approximate surface area is 66.0 Å². The van der Waals surface area contributed by atoms with Gasteiger partial charge in [0.15, 0.2) is 3.83 Å². The number of hydrogen-bond donors (Lipinski definition) is 0. The van der Waals surface area contributed by atoms with Crippen LogP contribution in [0.3, 0.4) is 0 Å². The van der Waals surface area contributed by atoms with Crippen LogP contribution in [0.1, 0.15) is 0 Å². The first-order chi connectivity index (χ1) is 3.72. The van der Waals surface area contributed by atoms with Crippen LogP contribution in [-0.4, -0.2) is 9.55 Å². The third-order valence-electron chi connectivity index (χ3n) is 0.875. The monoisotopic (exact) mass is 242 g/mol. The van der Waals surface area contributed by atoms with Gasteiger partial charge in [-0.2, -0.15) is 0 Å². The summed E-state index contributed by atoms with van der Waals surface area (Å²) in [4.78, 5) is 3.93. The highest BCUT2D eigenvalue weighted by Crippen LogP contribution is 2.09. The molecule has 0 aromatic carbocycles. The van der Waals surface area contributed by atoms with Gasteiger partial charge in [-0.05, 0) is 22.6 Å². The molecular formula is C4H4ClIN2. The Morgan fingerprint density at radius 3 is 2.62 bits per heavy atom. The van der Waals surface area contributed by atoms with Crippen LogP contribution in [-0.2, 0) is 7.05 Å². The van der Waals surface area contributed by atoms with Crippen LogP contribution in [0.15, 0.2) is 6.20 Å². The lowest BCUT2D eigenvalue weighted by molar-refractivity contribution is 0.878. The van der Waals surface area contributed by atoms with Crippen LogP contribution in [0.25, 0.3) is 0 Å². The van der Waals surface area contributed by atoms with Gasteiger partial charge in [0.05, 0.1) is 6.20 Å². The largest absolute Gasteiger partial charge is 0.314 e. The fourth-order valence-electron chi connectivity index (χ4n) is 0.368. The van der Waals surface area contributed by atoms with Crippen molar-refractivity contribution >= 4 is 34.2 Å². The van der Waals surface area contributed by atoms with Crippen molar-refractivity contribution in [3.05, 3.63) is 15.2 Å². The summed E-state index contributed by atoms with van der Waals surface area (Å²) < 4.78 is 2.72. The molecule has 0 unspecified atom stereocenters. The first-order valence-electron chi connectivity index (χ1n) is 2.04. The molecular weight excluding hydrogens is 238 g/mol. The van der Waals surface area contributed by atoms with E-state index in [-0.39, 0.29) is 0 Å².